The van der Waals surface area contributed by atoms with Crippen molar-refractivity contribution >= 4 is 57.5 Å². The van der Waals surface area contributed by atoms with Gasteiger partial charge in [-0.1, -0.05) is 11.6 Å². The van der Waals surface area contributed by atoms with Gasteiger partial charge in [0.15, 0.2) is 11.5 Å². The summed E-state index contributed by atoms with van der Waals surface area (Å²) in [5.74, 6) is 0.292. The van der Waals surface area contributed by atoms with E-state index >= 15 is 0 Å². The van der Waals surface area contributed by atoms with E-state index in [1.54, 1.807) is 12.1 Å². The van der Waals surface area contributed by atoms with Crippen molar-refractivity contribution in [1.29, 1.82) is 5.26 Å². The lowest BCUT2D eigenvalue weighted by molar-refractivity contribution is -0.384. The molecule has 0 spiro atoms. The van der Waals surface area contributed by atoms with Crippen molar-refractivity contribution in [2.75, 3.05) is 19.5 Å². The highest BCUT2D eigenvalue weighted by Crippen LogP contribution is 2.34. The van der Waals surface area contributed by atoms with E-state index < -0.39 is 10.8 Å². The molecule has 0 aromatic heterocycles. The molecule has 0 fully saturated rings. The van der Waals surface area contributed by atoms with Gasteiger partial charge in [0.1, 0.15) is 11.6 Å². The number of amides is 1. The summed E-state index contributed by atoms with van der Waals surface area (Å²) in [6.45, 7) is 0. The van der Waals surface area contributed by atoms with Gasteiger partial charge >= 0.3 is 0 Å². The third-order valence-electron chi connectivity index (χ3n) is 3.54. The Morgan fingerprint density at radius 3 is 2.57 bits per heavy atom. The van der Waals surface area contributed by atoms with Gasteiger partial charge in [-0.3, -0.25) is 14.9 Å². The summed E-state index contributed by atoms with van der Waals surface area (Å²) in [5.41, 5.74) is 0.320. The van der Waals surface area contributed by atoms with Crippen LogP contribution in [0.3, 0.4) is 0 Å². The number of ether oxygens (including phenoxy) is 2. The van der Waals surface area contributed by atoms with Crippen LogP contribution in [0.2, 0.25) is 5.02 Å². The maximum Gasteiger partial charge on any atom is 0.271 e. The number of hydrogen-bond acceptors (Lipinski definition) is 6. The van der Waals surface area contributed by atoms with Gasteiger partial charge in [-0.15, -0.1) is 0 Å². The van der Waals surface area contributed by atoms with E-state index in [0.29, 0.717) is 17.1 Å². The molecule has 0 heterocycles. The first kappa shape index (κ1) is 21.5. The minimum atomic E-state index is -0.706. The number of carbonyl (C=O) groups excluding carboxylic acids is 1. The standard InChI is InChI=1S/C18H13ClIN3O5/c1-27-16-7-10(6-14(20)17(16)28-2)5-11(9-21)18(24)22-15-4-3-12(23(25)26)8-13(15)19/h3-8H,1-2H3,(H,22,24)/b11-5-. The summed E-state index contributed by atoms with van der Waals surface area (Å²) in [7, 11) is 2.99. The van der Waals surface area contributed by atoms with E-state index in [4.69, 9.17) is 21.1 Å². The van der Waals surface area contributed by atoms with Crippen LogP contribution in [0.1, 0.15) is 5.56 Å². The lowest BCUT2D eigenvalue weighted by Crippen LogP contribution is -2.13. The molecular weight excluding hydrogens is 501 g/mol. The van der Waals surface area contributed by atoms with Gasteiger partial charge in [-0.05, 0) is 52.4 Å². The lowest BCUT2D eigenvalue weighted by Gasteiger charge is -2.11. The topological polar surface area (TPSA) is 114 Å². The van der Waals surface area contributed by atoms with Crippen molar-refractivity contribution in [3.05, 3.63) is 60.2 Å². The van der Waals surface area contributed by atoms with Crippen LogP contribution in [0.4, 0.5) is 11.4 Å². The minimum absolute atomic E-state index is 0.0134. The smallest absolute Gasteiger partial charge is 0.271 e. The molecule has 0 saturated heterocycles. The first-order chi connectivity index (χ1) is 13.3. The minimum Gasteiger partial charge on any atom is -0.493 e. The van der Waals surface area contributed by atoms with Crippen LogP contribution in [-0.4, -0.2) is 25.1 Å². The molecular formula is C18H13ClIN3O5. The fourth-order valence-corrected chi connectivity index (χ4v) is 3.31. The third kappa shape index (κ3) is 4.90. The summed E-state index contributed by atoms with van der Waals surface area (Å²) in [6.07, 6.45) is 1.39. The van der Waals surface area contributed by atoms with Crippen LogP contribution in [0.25, 0.3) is 6.08 Å². The molecule has 2 aromatic rings. The zero-order chi connectivity index (χ0) is 20.8. The molecule has 1 amide bonds. The van der Waals surface area contributed by atoms with E-state index in [1.165, 1.54) is 32.4 Å². The number of nitrogens with zero attached hydrogens (tertiary/aromatic N) is 2. The zero-order valence-corrected chi connectivity index (χ0v) is 17.6. The summed E-state index contributed by atoms with van der Waals surface area (Å²) in [6, 6.07) is 8.80. The maximum absolute atomic E-state index is 12.4. The van der Waals surface area contributed by atoms with Crippen LogP contribution in [0, 0.1) is 25.0 Å². The van der Waals surface area contributed by atoms with Crippen molar-refractivity contribution in [1.82, 2.24) is 0 Å². The van der Waals surface area contributed by atoms with Crippen molar-refractivity contribution in [3.63, 3.8) is 0 Å². The molecule has 28 heavy (non-hydrogen) atoms. The molecule has 144 valence electrons. The Kier molecular flexibility index (Phi) is 7.19. The monoisotopic (exact) mass is 513 g/mol. The second kappa shape index (κ2) is 9.38. The number of carbonyl (C=O) groups is 1. The van der Waals surface area contributed by atoms with Crippen LogP contribution < -0.4 is 14.8 Å². The molecule has 8 nitrogen and oxygen atoms in total. The number of nitro groups is 1. The van der Waals surface area contributed by atoms with Gasteiger partial charge in [-0.2, -0.15) is 5.26 Å². The van der Waals surface area contributed by atoms with E-state index in [-0.39, 0.29) is 22.0 Å². The number of nitriles is 1. The van der Waals surface area contributed by atoms with Crippen LogP contribution in [0.5, 0.6) is 11.5 Å². The van der Waals surface area contributed by atoms with E-state index in [1.807, 2.05) is 6.07 Å². The SMILES string of the molecule is COc1cc(/C=C(/C#N)C(=O)Nc2ccc([N+](=O)[O-])cc2Cl)cc(I)c1OC. The molecule has 0 saturated carbocycles. The average molecular weight is 514 g/mol. The Bertz CT molecular complexity index is 1020. The summed E-state index contributed by atoms with van der Waals surface area (Å²) in [5, 5.41) is 22.6. The number of halogens is 2. The molecule has 0 bridgehead atoms. The summed E-state index contributed by atoms with van der Waals surface area (Å²) in [4.78, 5) is 22.6. The predicted molar refractivity (Wildman–Crippen MR) is 113 cm³/mol. The highest BCUT2D eigenvalue weighted by molar-refractivity contribution is 14.1. The van der Waals surface area contributed by atoms with E-state index in [2.05, 4.69) is 27.9 Å². The number of hydrogen-bond donors (Lipinski definition) is 1. The number of nitrogens with one attached hydrogen (secondary N) is 1. The number of benzene rings is 2. The highest BCUT2D eigenvalue weighted by atomic mass is 127. The fraction of sp³-hybridized carbons (Fsp3) is 0.111. The van der Waals surface area contributed by atoms with Crippen molar-refractivity contribution < 1.29 is 19.2 Å². The quantitative estimate of drug-likeness (QED) is 0.201. The van der Waals surface area contributed by atoms with Crippen LogP contribution in [0.15, 0.2) is 35.9 Å². The first-order valence-corrected chi connectivity index (χ1v) is 9.05. The fourth-order valence-electron chi connectivity index (χ4n) is 2.25. The summed E-state index contributed by atoms with van der Waals surface area (Å²) >= 11 is 8.02. The van der Waals surface area contributed by atoms with Crippen LogP contribution >= 0.6 is 34.2 Å². The second-order valence-electron chi connectivity index (χ2n) is 5.28. The molecule has 10 heteroatoms. The predicted octanol–water partition coefficient (Wildman–Crippen LogP) is 4.42. The third-order valence-corrected chi connectivity index (χ3v) is 4.66. The van der Waals surface area contributed by atoms with E-state index in [0.717, 1.165) is 9.64 Å². The largest absolute Gasteiger partial charge is 0.493 e. The Balaban J connectivity index is 2.33. The van der Waals surface area contributed by atoms with Gasteiger partial charge in [0.05, 0.1) is 33.4 Å². The van der Waals surface area contributed by atoms with E-state index in [9.17, 15) is 20.2 Å². The normalized spacial score (nSPS) is 10.8. The Morgan fingerprint density at radius 2 is 2.04 bits per heavy atom. The van der Waals surface area contributed by atoms with Crippen molar-refractivity contribution in [3.8, 4) is 17.6 Å². The van der Waals surface area contributed by atoms with Crippen molar-refractivity contribution in [2.45, 2.75) is 0 Å². The Morgan fingerprint density at radius 1 is 1.32 bits per heavy atom. The molecule has 1 N–H and O–H groups in total. The van der Waals surface area contributed by atoms with Crippen LogP contribution in [-0.2, 0) is 4.79 Å². The maximum atomic E-state index is 12.4. The van der Waals surface area contributed by atoms with Gasteiger partial charge in [-0.25, -0.2) is 0 Å². The molecule has 0 aliphatic carbocycles. The Labute approximate surface area is 179 Å². The number of anilines is 1. The van der Waals surface area contributed by atoms with Gasteiger partial charge in [0.25, 0.3) is 11.6 Å². The second-order valence-corrected chi connectivity index (χ2v) is 6.85. The molecule has 0 aliphatic heterocycles. The molecule has 0 unspecified atom stereocenters. The number of non-ortho nitro benzene ring substituents is 1. The molecule has 0 atom stereocenters. The molecule has 0 aliphatic rings. The van der Waals surface area contributed by atoms with Gasteiger partial charge in [0.2, 0.25) is 0 Å². The highest BCUT2D eigenvalue weighted by Gasteiger charge is 2.16. The Hall–Kier alpha value is -2.84. The summed E-state index contributed by atoms with van der Waals surface area (Å²) < 4.78 is 11.3. The molecule has 0 radical (unpaired) electrons. The lowest BCUT2D eigenvalue weighted by atomic mass is 10.1. The van der Waals surface area contributed by atoms with Crippen molar-refractivity contribution in [2.24, 2.45) is 0 Å². The molecule has 2 rings (SSSR count). The zero-order valence-electron chi connectivity index (χ0n) is 14.7. The average Bonchev–Trinajstić information content (AvgIpc) is 2.66. The first-order valence-electron chi connectivity index (χ1n) is 7.59. The molecule has 2 aromatic carbocycles. The van der Waals surface area contributed by atoms with Gasteiger partial charge in [0, 0.05) is 12.1 Å². The number of methoxy groups -OCH3 is 2. The number of rotatable bonds is 6. The van der Waals surface area contributed by atoms with Gasteiger partial charge < -0.3 is 14.8 Å². The number of nitro benzene ring substituents is 1.